The van der Waals surface area contributed by atoms with Crippen LogP contribution in [0.3, 0.4) is 0 Å². The van der Waals surface area contributed by atoms with Crippen molar-refractivity contribution < 1.29 is 14.6 Å². The van der Waals surface area contributed by atoms with Gasteiger partial charge in [0.1, 0.15) is 18.1 Å². The Balaban J connectivity index is 1.99. The molecule has 1 unspecified atom stereocenters. The van der Waals surface area contributed by atoms with Gasteiger partial charge in [0, 0.05) is 23.3 Å². The van der Waals surface area contributed by atoms with Crippen molar-refractivity contribution in [3.63, 3.8) is 0 Å². The van der Waals surface area contributed by atoms with E-state index in [1.54, 1.807) is 31.5 Å². The fourth-order valence-electron chi connectivity index (χ4n) is 2.34. The van der Waals surface area contributed by atoms with E-state index in [2.05, 4.69) is 9.97 Å². The highest BCUT2D eigenvalue weighted by atomic mass is 16.5. The van der Waals surface area contributed by atoms with Gasteiger partial charge in [0.25, 0.3) is 5.91 Å². The minimum Gasteiger partial charge on any atom is -0.491 e. The van der Waals surface area contributed by atoms with Crippen LogP contribution in [0.1, 0.15) is 17.4 Å². The van der Waals surface area contributed by atoms with Gasteiger partial charge in [-0.15, -0.1) is 0 Å². The zero-order valence-electron chi connectivity index (χ0n) is 13.1. The SMILES string of the molecule is CC(O)COc1ccc(-c2cncc3ccc(C(N)=O)nc23)cc1. The van der Waals surface area contributed by atoms with E-state index < -0.39 is 12.0 Å². The van der Waals surface area contributed by atoms with Crippen molar-refractivity contribution in [2.24, 2.45) is 5.73 Å². The zero-order valence-corrected chi connectivity index (χ0v) is 13.1. The van der Waals surface area contributed by atoms with E-state index in [4.69, 9.17) is 10.5 Å². The molecule has 2 aromatic heterocycles. The minimum atomic E-state index is -0.568. The van der Waals surface area contributed by atoms with Gasteiger partial charge in [-0.25, -0.2) is 4.98 Å². The van der Waals surface area contributed by atoms with Crippen molar-refractivity contribution >= 4 is 16.8 Å². The molecule has 0 aliphatic carbocycles. The number of amides is 1. The van der Waals surface area contributed by atoms with Crippen LogP contribution in [0.25, 0.3) is 22.0 Å². The van der Waals surface area contributed by atoms with E-state index in [1.807, 2.05) is 24.3 Å². The summed E-state index contributed by atoms with van der Waals surface area (Å²) < 4.78 is 5.45. The molecule has 3 N–H and O–H groups in total. The van der Waals surface area contributed by atoms with Gasteiger partial charge in [0.05, 0.1) is 11.6 Å². The van der Waals surface area contributed by atoms with Crippen LogP contribution in [0, 0.1) is 0 Å². The van der Waals surface area contributed by atoms with Gasteiger partial charge in [-0.2, -0.15) is 0 Å². The largest absolute Gasteiger partial charge is 0.491 e. The second-order valence-corrected chi connectivity index (χ2v) is 5.50. The third-order valence-corrected chi connectivity index (χ3v) is 3.51. The lowest BCUT2D eigenvalue weighted by Gasteiger charge is -2.10. The normalized spacial score (nSPS) is 12.1. The minimum absolute atomic E-state index is 0.215. The maximum absolute atomic E-state index is 11.4. The van der Waals surface area contributed by atoms with Crippen molar-refractivity contribution in [2.75, 3.05) is 6.61 Å². The molecule has 0 saturated heterocycles. The number of aromatic nitrogens is 2. The molecule has 1 atom stereocenters. The molecule has 1 amide bonds. The van der Waals surface area contributed by atoms with Crippen LogP contribution in [-0.4, -0.2) is 33.7 Å². The molecule has 6 heteroatoms. The lowest BCUT2D eigenvalue weighted by Crippen LogP contribution is -2.13. The number of benzene rings is 1. The van der Waals surface area contributed by atoms with Crippen molar-refractivity contribution in [3.05, 3.63) is 54.5 Å². The molecule has 0 saturated carbocycles. The highest BCUT2D eigenvalue weighted by Crippen LogP contribution is 2.28. The number of nitrogens with zero attached hydrogens (tertiary/aromatic N) is 2. The summed E-state index contributed by atoms with van der Waals surface area (Å²) in [7, 11) is 0. The van der Waals surface area contributed by atoms with E-state index in [-0.39, 0.29) is 12.3 Å². The van der Waals surface area contributed by atoms with Gasteiger partial charge in [-0.3, -0.25) is 9.78 Å². The molecule has 0 aliphatic rings. The number of nitrogens with two attached hydrogens (primary N) is 1. The van der Waals surface area contributed by atoms with Crippen LogP contribution in [0.5, 0.6) is 5.75 Å². The number of aliphatic hydroxyl groups is 1. The number of primary amides is 1. The van der Waals surface area contributed by atoms with Gasteiger partial charge < -0.3 is 15.6 Å². The average molecular weight is 323 g/mol. The Bertz CT molecular complexity index is 876. The molecule has 2 heterocycles. The molecule has 6 nitrogen and oxygen atoms in total. The number of fused-ring (bicyclic) bond motifs is 1. The molecule has 1 aromatic carbocycles. The van der Waals surface area contributed by atoms with E-state index in [0.717, 1.165) is 16.5 Å². The van der Waals surface area contributed by atoms with Crippen molar-refractivity contribution in [3.8, 4) is 16.9 Å². The van der Waals surface area contributed by atoms with Crippen molar-refractivity contribution in [2.45, 2.75) is 13.0 Å². The standard InChI is InChI=1S/C18H17N3O3/c1-11(22)10-24-14-5-2-12(3-6-14)15-9-20-8-13-4-7-16(18(19)23)21-17(13)15/h2-9,11,22H,10H2,1H3,(H2,19,23). The van der Waals surface area contributed by atoms with Crippen LogP contribution in [0.15, 0.2) is 48.8 Å². The summed E-state index contributed by atoms with van der Waals surface area (Å²) in [6, 6.07) is 10.8. The van der Waals surface area contributed by atoms with E-state index in [9.17, 15) is 9.90 Å². The first-order valence-corrected chi connectivity index (χ1v) is 7.50. The van der Waals surface area contributed by atoms with Crippen LogP contribution in [0.2, 0.25) is 0 Å². The second-order valence-electron chi connectivity index (χ2n) is 5.50. The number of hydrogen-bond acceptors (Lipinski definition) is 5. The molecule has 122 valence electrons. The quantitative estimate of drug-likeness (QED) is 0.749. The number of ether oxygens (including phenoxy) is 1. The fourth-order valence-corrected chi connectivity index (χ4v) is 2.34. The molecule has 0 spiro atoms. The fraction of sp³-hybridized carbons (Fsp3) is 0.167. The third kappa shape index (κ3) is 3.33. The van der Waals surface area contributed by atoms with Gasteiger partial charge in [-0.1, -0.05) is 12.1 Å². The molecule has 0 radical (unpaired) electrons. The first kappa shape index (κ1) is 15.9. The molecule has 24 heavy (non-hydrogen) atoms. The van der Waals surface area contributed by atoms with E-state index in [1.165, 1.54) is 0 Å². The monoisotopic (exact) mass is 323 g/mol. The molecule has 3 aromatic rings. The van der Waals surface area contributed by atoms with Crippen LogP contribution in [0.4, 0.5) is 0 Å². The number of aliphatic hydroxyl groups excluding tert-OH is 1. The second kappa shape index (κ2) is 6.64. The predicted octanol–water partition coefficient (Wildman–Crippen LogP) is 2.16. The highest BCUT2D eigenvalue weighted by Gasteiger charge is 2.10. The van der Waals surface area contributed by atoms with Gasteiger partial charge in [0.2, 0.25) is 0 Å². The molecule has 0 fully saturated rings. The summed E-state index contributed by atoms with van der Waals surface area (Å²) in [5, 5.41) is 10.1. The van der Waals surface area contributed by atoms with Crippen LogP contribution in [-0.2, 0) is 0 Å². The lowest BCUT2D eigenvalue weighted by atomic mass is 10.0. The molecular weight excluding hydrogens is 306 g/mol. The lowest BCUT2D eigenvalue weighted by molar-refractivity contribution is 0.0996. The summed E-state index contributed by atoms with van der Waals surface area (Å²) in [6.07, 6.45) is 2.87. The summed E-state index contributed by atoms with van der Waals surface area (Å²) in [5.41, 5.74) is 7.90. The maximum Gasteiger partial charge on any atom is 0.267 e. The molecule has 0 bridgehead atoms. The number of carbonyl (C=O) groups is 1. The number of pyridine rings is 2. The zero-order chi connectivity index (χ0) is 17.1. The number of rotatable bonds is 5. The Labute approximate surface area is 138 Å². The Morgan fingerprint density at radius 3 is 2.62 bits per heavy atom. The molecule has 0 aliphatic heterocycles. The van der Waals surface area contributed by atoms with E-state index in [0.29, 0.717) is 11.3 Å². The van der Waals surface area contributed by atoms with Crippen LogP contribution < -0.4 is 10.5 Å². The van der Waals surface area contributed by atoms with Crippen molar-refractivity contribution in [1.82, 2.24) is 9.97 Å². The Morgan fingerprint density at radius 2 is 1.96 bits per heavy atom. The summed E-state index contributed by atoms with van der Waals surface area (Å²) in [5.74, 6) is 0.0974. The number of carbonyl (C=O) groups excluding carboxylic acids is 1. The highest BCUT2D eigenvalue weighted by molar-refractivity contribution is 5.97. The van der Waals surface area contributed by atoms with E-state index >= 15 is 0 Å². The van der Waals surface area contributed by atoms with Gasteiger partial charge in [0.15, 0.2) is 0 Å². The topological polar surface area (TPSA) is 98.3 Å². The molecular formula is C18H17N3O3. The Kier molecular flexibility index (Phi) is 4.39. The summed E-state index contributed by atoms with van der Waals surface area (Å²) in [6.45, 7) is 1.90. The maximum atomic E-state index is 11.4. The Hall–Kier alpha value is -2.99. The average Bonchev–Trinajstić information content (AvgIpc) is 2.59. The first-order valence-electron chi connectivity index (χ1n) is 7.50. The first-order chi connectivity index (χ1) is 11.5. The Morgan fingerprint density at radius 1 is 1.21 bits per heavy atom. The van der Waals surface area contributed by atoms with Gasteiger partial charge in [-0.05, 0) is 36.8 Å². The summed E-state index contributed by atoms with van der Waals surface area (Å²) >= 11 is 0. The van der Waals surface area contributed by atoms with Crippen molar-refractivity contribution in [1.29, 1.82) is 0 Å². The van der Waals surface area contributed by atoms with Gasteiger partial charge >= 0.3 is 0 Å². The van der Waals surface area contributed by atoms with Crippen LogP contribution >= 0.6 is 0 Å². The molecule has 3 rings (SSSR count). The summed E-state index contributed by atoms with van der Waals surface area (Å²) in [4.78, 5) is 20.0. The smallest absolute Gasteiger partial charge is 0.267 e. The number of hydrogen-bond donors (Lipinski definition) is 2. The predicted molar refractivity (Wildman–Crippen MR) is 90.7 cm³/mol. The third-order valence-electron chi connectivity index (χ3n) is 3.51.